The van der Waals surface area contributed by atoms with E-state index in [1.54, 1.807) is 7.05 Å². The third kappa shape index (κ3) is 8.56. The quantitative estimate of drug-likeness (QED) is 0.347. The monoisotopic (exact) mass is 389 g/mol. The van der Waals surface area contributed by atoms with Crippen molar-refractivity contribution in [1.82, 2.24) is 0 Å². The molecule has 0 atom stereocenters. The summed E-state index contributed by atoms with van der Waals surface area (Å²) in [7, 11) is 1.71. The lowest BCUT2D eigenvalue weighted by Gasteiger charge is -2.07. The van der Waals surface area contributed by atoms with Crippen molar-refractivity contribution >= 4 is 17.2 Å². The molecule has 0 spiro atoms. The van der Waals surface area contributed by atoms with Crippen molar-refractivity contribution in [2.45, 2.75) is 34.6 Å². The number of rotatable bonds is 5. The number of nitrogens with two attached hydrogens (primary N) is 1. The van der Waals surface area contributed by atoms with Gasteiger partial charge in [-0.3, -0.25) is 4.99 Å². The van der Waals surface area contributed by atoms with Crippen LogP contribution in [-0.2, 0) is 0 Å². The van der Waals surface area contributed by atoms with Gasteiger partial charge in [0.2, 0.25) is 0 Å². The average molecular weight is 390 g/mol. The van der Waals surface area contributed by atoms with Crippen LogP contribution in [-0.4, -0.2) is 18.7 Å². The topological polar surface area (TPSA) is 50.7 Å². The van der Waals surface area contributed by atoms with Gasteiger partial charge >= 0.3 is 0 Å². The Morgan fingerprint density at radius 3 is 2.03 bits per heavy atom. The summed E-state index contributed by atoms with van der Waals surface area (Å²) >= 11 is 0. The van der Waals surface area contributed by atoms with E-state index >= 15 is 0 Å². The number of benzene rings is 2. The summed E-state index contributed by atoms with van der Waals surface area (Å²) in [5, 5.41) is 0. The Bertz CT molecular complexity index is 841. The molecule has 0 unspecified atom stereocenters. The first-order valence-corrected chi connectivity index (χ1v) is 10.1. The maximum Gasteiger partial charge on any atom is 0.156 e. The minimum atomic E-state index is 0.431. The summed E-state index contributed by atoms with van der Waals surface area (Å²) in [5.74, 6) is 1.04. The second kappa shape index (κ2) is 15.8. The Labute approximate surface area is 177 Å². The average Bonchev–Trinajstić information content (AvgIpc) is 2.81. The summed E-state index contributed by atoms with van der Waals surface area (Å²) in [5.41, 5.74) is 10.1. The molecular weight excluding hydrogens is 354 g/mol. The summed E-state index contributed by atoms with van der Waals surface area (Å²) in [6.07, 6.45) is 7.81. The van der Waals surface area contributed by atoms with Gasteiger partial charge in [0.15, 0.2) is 5.84 Å². The van der Waals surface area contributed by atoms with Gasteiger partial charge in [-0.05, 0) is 24.1 Å². The fraction of sp³-hybridized carbons (Fsp3) is 0.231. The largest absolute Gasteiger partial charge is 0.383 e. The van der Waals surface area contributed by atoms with Gasteiger partial charge in [0.1, 0.15) is 5.84 Å². The van der Waals surface area contributed by atoms with Gasteiger partial charge in [-0.2, -0.15) is 0 Å². The summed E-state index contributed by atoms with van der Waals surface area (Å²) < 4.78 is 0. The first-order chi connectivity index (χ1) is 14.2. The zero-order chi connectivity index (χ0) is 22.1. The van der Waals surface area contributed by atoms with Crippen molar-refractivity contribution < 1.29 is 0 Å². The van der Waals surface area contributed by atoms with Gasteiger partial charge < -0.3 is 5.73 Å². The molecule has 2 aromatic carbocycles. The molecule has 0 aliphatic carbocycles. The van der Waals surface area contributed by atoms with Crippen LogP contribution in [0, 0.1) is 0 Å². The van der Waals surface area contributed by atoms with Gasteiger partial charge in [0.05, 0.1) is 0 Å². The van der Waals surface area contributed by atoms with Crippen molar-refractivity contribution in [1.29, 1.82) is 0 Å². The third-order valence-electron chi connectivity index (χ3n) is 3.65. The fourth-order valence-electron chi connectivity index (χ4n) is 2.35. The molecule has 0 heterocycles. The fourth-order valence-corrected chi connectivity index (χ4v) is 2.35. The first-order valence-electron chi connectivity index (χ1n) is 10.1. The smallest absolute Gasteiger partial charge is 0.156 e. The Hall–Kier alpha value is -3.20. The Balaban J connectivity index is 0.00000184. The number of nitrogens with zero attached hydrogens (tertiary/aromatic N) is 2. The van der Waals surface area contributed by atoms with Gasteiger partial charge in [-0.15, -0.1) is 0 Å². The van der Waals surface area contributed by atoms with Crippen molar-refractivity contribution in [3.8, 4) is 0 Å². The standard InChI is InChI=1S/C22H23N3.2C2H6/c1-4-6-11-17(5-2)19-14-10-15-20(16-19)21(23)25-22(24-3)18-12-8-7-9-13-18;2*1-2/h4-16H,2H2,1,3H3,(H2,23,24,25);2*1-2H3/b6-4-,17-11+;;. The molecule has 0 aliphatic rings. The molecule has 2 aromatic rings. The number of allylic oxidation sites excluding steroid dienone is 5. The van der Waals surface area contributed by atoms with Crippen LogP contribution in [0.2, 0.25) is 0 Å². The van der Waals surface area contributed by atoms with Crippen LogP contribution in [0.1, 0.15) is 51.3 Å². The van der Waals surface area contributed by atoms with E-state index in [0.29, 0.717) is 11.7 Å². The molecule has 0 radical (unpaired) electrons. The number of hydrogen-bond acceptors (Lipinski definition) is 1. The van der Waals surface area contributed by atoms with Gasteiger partial charge in [-0.1, -0.05) is 107 Å². The van der Waals surface area contributed by atoms with E-state index in [1.807, 2.05) is 114 Å². The van der Waals surface area contributed by atoms with Crippen LogP contribution >= 0.6 is 0 Å². The molecule has 29 heavy (non-hydrogen) atoms. The van der Waals surface area contributed by atoms with Crippen LogP contribution in [0.25, 0.3) is 5.57 Å². The van der Waals surface area contributed by atoms with Gasteiger partial charge in [0, 0.05) is 18.2 Å². The van der Waals surface area contributed by atoms with Crippen molar-refractivity contribution in [3.63, 3.8) is 0 Å². The highest BCUT2D eigenvalue weighted by atomic mass is 14.9. The predicted octanol–water partition coefficient (Wildman–Crippen LogP) is 6.67. The third-order valence-corrected chi connectivity index (χ3v) is 3.65. The van der Waals surface area contributed by atoms with E-state index in [0.717, 1.165) is 22.3 Å². The molecule has 0 aliphatic heterocycles. The van der Waals surface area contributed by atoms with Crippen LogP contribution in [0.5, 0.6) is 0 Å². The minimum Gasteiger partial charge on any atom is -0.383 e. The lowest BCUT2D eigenvalue weighted by Crippen LogP contribution is -2.16. The molecule has 0 aromatic heterocycles. The van der Waals surface area contributed by atoms with Crippen molar-refractivity contribution in [2.75, 3.05) is 7.05 Å². The highest BCUT2D eigenvalue weighted by Crippen LogP contribution is 2.17. The molecular formula is C26H35N3. The van der Waals surface area contributed by atoms with Crippen LogP contribution in [0.3, 0.4) is 0 Å². The molecule has 0 saturated heterocycles. The molecule has 2 N–H and O–H groups in total. The Kier molecular flexibility index (Phi) is 14.1. The normalized spacial score (nSPS) is 11.9. The van der Waals surface area contributed by atoms with E-state index in [-0.39, 0.29) is 0 Å². The second-order valence-electron chi connectivity index (χ2n) is 5.34. The van der Waals surface area contributed by atoms with Crippen LogP contribution < -0.4 is 5.73 Å². The zero-order valence-electron chi connectivity index (χ0n) is 18.7. The predicted molar refractivity (Wildman–Crippen MR) is 132 cm³/mol. The molecule has 0 amide bonds. The van der Waals surface area contributed by atoms with E-state index in [9.17, 15) is 0 Å². The highest BCUT2D eigenvalue weighted by molar-refractivity contribution is 6.11. The number of amidine groups is 2. The van der Waals surface area contributed by atoms with E-state index in [4.69, 9.17) is 5.73 Å². The maximum atomic E-state index is 6.23. The Morgan fingerprint density at radius 1 is 0.897 bits per heavy atom. The molecule has 154 valence electrons. The molecule has 0 bridgehead atoms. The lowest BCUT2D eigenvalue weighted by atomic mass is 10.0. The van der Waals surface area contributed by atoms with Crippen LogP contribution in [0.4, 0.5) is 0 Å². The number of hydrogen-bond donors (Lipinski definition) is 1. The summed E-state index contributed by atoms with van der Waals surface area (Å²) in [6, 6.07) is 17.7. The SMILES string of the molecule is C=C/C(=C\C=C/C)c1cccc(C(N)=NC(=NC)c2ccccc2)c1.CC.CC. The van der Waals surface area contributed by atoms with E-state index < -0.39 is 0 Å². The molecule has 3 heteroatoms. The number of aliphatic imine (C=N–C) groups is 2. The molecule has 3 nitrogen and oxygen atoms in total. The van der Waals surface area contributed by atoms with Crippen molar-refractivity contribution in [3.05, 3.63) is 102 Å². The summed E-state index contributed by atoms with van der Waals surface area (Å²) in [6.45, 7) is 13.9. The molecule has 2 rings (SSSR count). The Morgan fingerprint density at radius 2 is 1.48 bits per heavy atom. The second-order valence-corrected chi connectivity index (χ2v) is 5.34. The minimum absolute atomic E-state index is 0.431. The highest BCUT2D eigenvalue weighted by Gasteiger charge is 2.05. The van der Waals surface area contributed by atoms with Gasteiger partial charge in [0.25, 0.3) is 0 Å². The van der Waals surface area contributed by atoms with Crippen molar-refractivity contribution in [2.24, 2.45) is 15.7 Å². The maximum absolute atomic E-state index is 6.23. The van der Waals surface area contributed by atoms with E-state index in [1.165, 1.54) is 0 Å². The first kappa shape index (κ1) is 25.8. The lowest BCUT2D eigenvalue weighted by molar-refractivity contribution is 1.37. The molecule has 0 saturated carbocycles. The zero-order valence-corrected chi connectivity index (χ0v) is 18.7. The summed E-state index contributed by atoms with van der Waals surface area (Å²) in [4.78, 5) is 8.76. The van der Waals surface area contributed by atoms with E-state index in [2.05, 4.69) is 16.6 Å². The van der Waals surface area contributed by atoms with Gasteiger partial charge in [-0.25, -0.2) is 4.99 Å². The van der Waals surface area contributed by atoms with Crippen LogP contribution in [0.15, 0.2) is 95.5 Å². The molecule has 0 fully saturated rings.